The van der Waals surface area contributed by atoms with Crippen LogP contribution in [0, 0.1) is 23.1 Å². The van der Waals surface area contributed by atoms with Crippen LogP contribution in [0.2, 0.25) is 0 Å². The largest absolute Gasteiger partial charge is 0.481 e. The highest BCUT2D eigenvalue weighted by atomic mass is 19.1. The molecule has 1 saturated carbocycles. The second-order valence-electron chi connectivity index (χ2n) is 9.50. The summed E-state index contributed by atoms with van der Waals surface area (Å²) in [6.07, 6.45) is 3.84. The van der Waals surface area contributed by atoms with Gasteiger partial charge in [-0.3, -0.25) is 9.89 Å². The first-order valence-corrected chi connectivity index (χ1v) is 11.0. The van der Waals surface area contributed by atoms with Crippen molar-refractivity contribution in [3.8, 4) is 11.8 Å². The van der Waals surface area contributed by atoms with E-state index >= 15 is 0 Å². The molecular formula is C25H24FN5O2. The highest BCUT2D eigenvalue weighted by Crippen LogP contribution is 2.48. The Morgan fingerprint density at radius 3 is 2.76 bits per heavy atom. The first-order valence-electron chi connectivity index (χ1n) is 11.0. The van der Waals surface area contributed by atoms with Crippen LogP contribution in [0.4, 0.5) is 4.39 Å². The van der Waals surface area contributed by atoms with Crippen LogP contribution >= 0.6 is 0 Å². The molecule has 168 valence electrons. The van der Waals surface area contributed by atoms with Crippen LogP contribution < -0.4 is 0 Å². The molecule has 33 heavy (non-hydrogen) atoms. The Morgan fingerprint density at radius 2 is 2.09 bits per heavy atom. The summed E-state index contributed by atoms with van der Waals surface area (Å²) < 4.78 is 15.8. The molecule has 1 fully saturated rings. The Morgan fingerprint density at radius 1 is 1.33 bits per heavy atom. The second-order valence-corrected chi connectivity index (χ2v) is 9.50. The molecule has 0 spiro atoms. The number of hydrogen-bond donors (Lipinski definition) is 2. The number of halogens is 1. The first kappa shape index (κ1) is 21.1. The zero-order valence-electron chi connectivity index (χ0n) is 18.5. The number of pyridine rings is 1. The third kappa shape index (κ3) is 3.44. The van der Waals surface area contributed by atoms with E-state index in [0.717, 1.165) is 39.8 Å². The maximum Gasteiger partial charge on any atom is 0.306 e. The third-order valence-electron chi connectivity index (χ3n) is 6.82. The number of carboxylic acid groups (broad SMARTS) is 1. The van der Waals surface area contributed by atoms with Crippen molar-refractivity contribution < 1.29 is 14.3 Å². The number of aromatic nitrogens is 4. The quantitative estimate of drug-likeness (QED) is 0.439. The van der Waals surface area contributed by atoms with Crippen molar-refractivity contribution in [3.63, 3.8) is 0 Å². The van der Waals surface area contributed by atoms with E-state index in [9.17, 15) is 19.6 Å². The zero-order chi connectivity index (χ0) is 23.3. The number of nitrogens with zero attached hydrogens (tertiary/aromatic N) is 4. The summed E-state index contributed by atoms with van der Waals surface area (Å²) in [5, 5.41) is 27.1. The molecule has 0 aliphatic heterocycles. The summed E-state index contributed by atoms with van der Waals surface area (Å²) in [5.41, 5.74) is 4.39. The number of carboxylic acids is 1. The maximum atomic E-state index is 13.8. The minimum absolute atomic E-state index is 0.00358. The topological polar surface area (TPSA) is 108 Å². The Balaban J connectivity index is 1.87. The van der Waals surface area contributed by atoms with Gasteiger partial charge in [0.05, 0.1) is 29.2 Å². The lowest BCUT2D eigenvalue weighted by atomic mass is 9.80. The molecule has 3 heterocycles. The van der Waals surface area contributed by atoms with Crippen molar-refractivity contribution in [1.82, 2.24) is 19.7 Å². The van der Waals surface area contributed by atoms with E-state index in [-0.39, 0.29) is 18.2 Å². The van der Waals surface area contributed by atoms with Crippen LogP contribution in [0.25, 0.3) is 27.8 Å². The molecule has 7 nitrogen and oxygen atoms in total. The number of nitrogens with one attached hydrogen (secondary N) is 1. The van der Waals surface area contributed by atoms with Crippen molar-refractivity contribution in [2.24, 2.45) is 5.92 Å². The van der Waals surface area contributed by atoms with Gasteiger partial charge in [0, 0.05) is 34.2 Å². The molecule has 0 unspecified atom stereocenters. The molecule has 2 N–H and O–H groups in total. The number of rotatable bonds is 5. The van der Waals surface area contributed by atoms with Crippen LogP contribution in [0.5, 0.6) is 0 Å². The SMILES string of the molecule is CC(C)(CC#N)c1c([C@@H]2CC[C@@H](C(=O)O)C2)c2nc3[nH]ncc3cc2n1-c1ccc(F)cc1. The van der Waals surface area contributed by atoms with Gasteiger partial charge < -0.3 is 9.67 Å². The molecule has 1 aliphatic rings. The monoisotopic (exact) mass is 445 g/mol. The average Bonchev–Trinajstić information content (AvgIpc) is 3.49. The third-order valence-corrected chi connectivity index (χ3v) is 6.82. The van der Waals surface area contributed by atoms with E-state index in [1.165, 1.54) is 12.1 Å². The molecule has 0 saturated heterocycles. The predicted octanol–water partition coefficient (Wildman–Crippen LogP) is 5.20. The normalized spacial score (nSPS) is 18.7. The number of fused-ring (bicyclic) bond motifs is 2. The highest BCUT2D eigenvalue weighted by Gasteiger charge is 2.39. The number of hydrogen-bond acceptors (Lipinski definition) is 4. The van der Waals surface area contributed by atoms with Gasteiger partial charge in [-0.05, 0) is 55.5 Å². The van der Waals surface area contributed by atoms with Crippen LogP contribution in [0.15, 0.2) is 36.5 Å². The number of H-pyrrole nitrogens is 1. The van der Waals surface area contributed by atoms with Crippen molar-refractivity contribution in [2.75, 3.05) is 0 Å². The van der Waals surface area contributed by atoms with E-state index in [4.69, 9.17) is 4.98 Å². The molecule has 2 atom stereocenters. The molecule has 0 bridgehead atoms. The number of aromatic amines is 1. The minimum atomic E-state index is -0.776. The van der Waals surface area contributed by atoms with Crippen molar-refractivity contribution in [1.29, 1.82) is 5.26 Å². The van der Waals surface area contributed by atoms with Crippen molar-refractivity contribution in [2.45, 2.75) is 50.9 Å². The lowest BCUT2D eigenvalue weighted by Gasteiger charge is -2.28. The fraction of sp³-hybridized carbons (Fsp3) is 0.360. The number of benzene rings is 1. The van der Waals surface area contributed by atoms with E-state index in [1.54, 1.807) is 18.3 Å². The zero-order valence-corrected chi connectivity index (χ0v) is 18.5. The van der Waals surface area contributed by atoms with Gasteiger partial charge in [-0.15, -0.1) is 0 Å². The molecule has 1 aliphatic carbocycles. The Bertz CT molecular complexity index is 1410. The smallest absolute Gasteiger partial charge is 0.306 e. The summed E-state index contributed by atoms with van der Waals surface area (Å²) >= 11 is 0. The van der Waals surface area contributed by atoms with Gasteiger partial charge in [0.15, 0.2) is 5.65 Å². The highest BCUT2D eigenvalue weighted by molar-refractivity contribution is 5.94. The summed E-state index contributed by atoms with van der Waals surface area (Å²) in [4.78, 5) is 16.6. The second kappa shape index (κ2) is 7.69. The fourth-order valence-corrected chi connectivity index (χ4v) is 5.25. The molecule has 8 heteroatoms. The van der Waals surface area contributed by atoms with Crippen molar-refractivity contribution >= 4 is 28.0 Å². The standard InChI is InChI=1S/C25H24FN5O2/c1-25(2,9-10-27)22-20(14-3-4-15(11-14)24(32)33)21-19(12-16-13-28-30-23(16)29-21)31(22)18-7-5-17(26)6-8-18/h5-8,12-15H,3-4,9,11H2,1-2H3,(H,32,33)(H,28,29,30)/t14-,15-/m1/s1. The Kier molecular flexibility index (Phi) is 4.93. The molecule has 1 aromatic carbocycles. The molecular weight excluding hydrogens is 421 g/mol. The minimum Gasteiger partial charge on any atom is -0.481 e. The fourth-order valence-electron chi connectivity index (χ4n) is 5.25. The van der Waals surface area contributed by atoms with Gasteiger partial charge in [-0.1, -0.05) is 13.8 Å². The molecule has 5 rings (SSSR count). The molecule has 0 amide bonds. The van der Waals surface area contributed by atoms with Crippen LogP contribution in [0.1, 0.15) is 56.7 Å². The van der Waals surface area contributed by atoms with Gasteiger partial charge in [-0.25, -0.2) is 9.37 Å². The molecule has 0 radical (unpaired) electrons. The summed E-state index contributed by atoms with van der Waals surface area (Å²) in [6.45, 7) is 4.04. The van der Waals surface area contributed by atoms with Crippen LogP contribution in [-0.4, -0.2) is 30.8 Å². The van der Waals surface area contributed by atoms with Gasteiger partial charge in [-0.2, -0.15) is 10.4 Å². The summed E-state index contributed by atoms with van der Waals surface area (Å²) in [5.74, 6) is -1.51. The van der Waals surface area contributed by atoms with Gasteiger partial charge >= 0.3 is 5.97 Å². The number of aliphatic carboxylic acids is 1. The summed E-state index contributed by atoms with van der Waals surface area (Å²) in [6, 6.07) is 10.6. The molecule has 3 aromatic heterocycles. The van der Waals surface area contributed by atoms with E-state index in [0.29, 0.717) is 18.5 Å². The predicted molar refractivity (Wildman–Crippen MR) is 122 cm³/mol. The van der Waals surface area contributed by atoms with Gasteiger partial charge in [0.25, 0.3) is 0 Å². The molecule has 4 aromatic rings. The lowest BCUT2D eigenvalue weighted by Crippen LogP contribution is -2.23. The van der Waals surface area contributed by atoms with E-state index in [1.807, 2.05) is 19.9 Å². The van der Waals surface area contributed by atoms with Gasteiger partial charge in [0.1, 0.15) is 5.82 Å². The first-order chi connectivity index (χ1) is 15.8. The average molecular weight is 445 g/mol. The Labute approximate surface area is 189 Å². The number of carbonyl (C=O) groups is 1. The van der Waals surface area contributed by atoms with Crippen molar-refractivity contribution in [3.05, 3.63) is 53.6 Å². The number of nitriles is 1. The van der Waals surface area contributed by atoms with Gasteiger partial charge in [0.2, 0.25) is 0 Å². The van der Waals surface area contributed by atoms with E-state index in [2.05, 4.69) is 20.8 Å². The summed E-state index contributed by atoms with van der Waals surface area (Å²) in [7, 11) is 0. The van der Waals surface area contributed by atoms with Crippen LogP contribution in [-0.2, 0) is 10.2 Å². The lowest BCUT2D eigenvalue weighted by molar-refractivity contribution is -0.141. The van der Waals surface area contributed by atoms with Crippen LogP contribution in [0.3, 0.4) is 0 Å². The Hall–Kier alpha value is -3.73. The van der Waals surface area contributed by atoms with E-state index < -0.39 is 17.3 Å². The maximum absolute atomic E-state index is 13.8.